The average Bonchev–Trinajstić information content (AvgIpc) is 2.02. The Morgan fingerprint density at radius 1 is 1.33 bits per heavy atom. The van der Waals surface area contributed by atoms with Gasteiger partial charge in [0, 0.05) is 7.11 Å². The van der Waals surface area contributed by atoms with Crippen molar-refractivity contribution in [3.8, 4) is 0 Å². The van der Waals surface area contributed by atoms with Crippen molar-refractivity contribution in [1.29, 1.82) is 0 Å². The molecule has 0 fully saturated rings. The maximum absolute atomic E-state index is 10.7. The van der Waals surface area contributed by atoms with Crippen LogP contribution in [-0.4, -0.2) is 37.4 Å². The molecular weight excluding hydrogens is 164 g/mol. The predicted octanol–water partition coefficient (Wildman–Crippen LogP) is 0.0392. The van der Waals surface area contributed by atoms with Gasteiger partial charge in [0.15, 0.2) is 0 Å². The van der Waals surface area contributed by atoms with Crippen LogP contribution in [0.15, 0.2) is 0 Å². The lowest BCUT2D eigenvalue weighted by Crippen LogP contribution is -2.20. The van der Waals surface area contributed by atoms with E-state index in [0.717, 1.165) is 0 Å². The second-order valence-electron chi connectivity index (χ2n) is 2.24. The van der Waals surface area contributed by atoms with Crippen LogP contribution in [0.5, 0.6) is 0 Å². The van der Waals surface area contributed by atoms with Gasteiger partial charge in [0.1, 0.15) is 0 Å². The van der Waals surface area contributed by atoms with Crippen LogP contribution in [-0.2, 0) is 19.1 Å². The van der Waals surface area contributed by atoms with Crippen molar-refractivity contribution in [1.82, 2.24) is 0 Å². The highest BCUT2D eigenvalue weighted by Gasteiger charge is 2.16. The number of rotatable bonds is 5. The van der Waals surface area contributed by atoms with E-state index in [1.807, 2.05) is 0 Å². The first-order valence-electron chi connectivity index (χ1n) is 3.41. The maximum Gasteiger partial charge on any atom is 0.308 e. The molecule has 0 amide bonds. The van der Waals surface area contributed by atoms with Crippen molar-refractivity contribution in [3.05, 3.63) is 0 Å². The summed E-state index contributed by atoms with van der Waals surface area (Å²) in [5.41, 5.74) is 0. The zero-order chi connectivity index (χ0) is 9.56. The zero-order valence-electron chi connectivity index (χ0n) is 7.07. The van der Waals surface area contributed by atoms with Crippen LogP contribution in [0.3, 0.4) is 0 Å². The summed E-state index contributed by atoms with van der Waals surface area (Å²) in [6, 6.07) is 0. The zero-order valence-corrected chi connectivity index (χ0v) is 7.07. The first-order chi connectivity index (χ1) is 5.60. The van der Waals surface area contributed by atoms with Crippen LogP contribution in [0.4, 0.5) is 0 Å². The lowest BCUT2D eigenvalue weighted by atomic mass is 10.2. The Balaban J connectivity index is 3.82. The minimum Gasteiger partial charge on any atom is -0.481 e. The van der Waals surface area contributed by atoms with Crippen molar-refractivity contribution in [3.63, 3.8) is 0 Å². The number of hydrogen-bond donors (Lipinski definition) is 1. The van der Waals surface area contributed by atoms with E-state index in [4.69, 9.17) is 9.84 Å². The van der Waals surface area contributed by atoms with Crippen molar-refractivity contribution in [2.45, 2.75) is 18.9 Å². The number of carbonyl (C=O) groups is 2. The second kappa shape index (κ2) is 5.54. The Morgan fingerprint density at radius 2 is 1.92 bits per heavy atom. The lowest BCUT2D eigenvalue weighted by Gasteiger charge is -2.10. The highest BCUT2D eigenvalue weighted by atomic mass is 16.5. The molecule has 0 saturated carbocycles. The standard InChI is InChI=1S/C7H12O5/c1-11-5(3-6(8)9)4-7(10)12-2/h5H,3-4H2,1-2H3,(H,8,9). The van der Waals surface area contributed by atoms with Crippen molar-refractivity contribution in [2.75, 3.05) is 14.2 Å². The average molecular weight is 176 g/mol. The minimum atomic E-state index is -0.995. The maximum atomic E-state index is 10.7. The van der Waals surface area contributed by atoms with Crippen molar-refractivity contribution in [2.24, 2.45) is 0 Å². The molecule has 0 bridgehead atoms. The fraction of sp³-hybridized carbons (Fsp3) is 0.714. The Labute approximate surface area is 70.3 Å². The van der Waals surface area contributed by atoms with Crippen LogP contribution < -0.4 is 0 Å². The van der Waals surface area contributed by atoms with E-state index in [9.17, 15) is 9.59 Å². The third kappa shape index (κ3) is 4.68. The molecule has 0 radical (unpaired) electrons. The molecule has 5 heteroatoms. The molecule has 0 rings (SSSR count). The molecule has 1 atom stereocenters. The molecule has 0 spiro atoms. The Morgan fingerprint density at radius 3 is 2.25 bits per heavy atom. The summed E-state index contributed by atoms with van der Waals surface area (Å²) in [7, 11) is 2.60. The molecule has 5 nitrogen and oxygen atoms in total. The van der Waals surface area contributed by atoms with Gasteiger partial charge in [-0.3, -0.25) is 9.59 Å². The van der Waals surface area contributed by atoms with E-state index < -0.39 is 18.0 Å². The van der Waals surface area contributed by atoms with Gasteiger partial charge in [0.05, 0.1) is 26.1 Å². The van der Waals surface area contributed by atoms with Gasteiger partial charge in [-0.15, -0.1) is 0 Å². The van der Waals surface area contributed by atoms with Gasteiger partial charge in [-0.2, -0.15) is 0 Å². The highest BCUT2D eigenvalue weighted by Crippen LogP contribution is 2.03. The molecule has 0 aromatic heterocycles. The third-order valence-corrected chi connectivity index (χ3v) is 1.36. The number of esters is 1. The summed E-state index contributed by atoms with van der Waals surface area (Å²) < 4.78 is 9.10. The fourth-order valence-electron chi connectivity index (χ4n) is 0.703. The van der Waals surface area contributed by atoms with Gasteiger partial charge in [-0.05, 0) is 0 Å². The van der Waals surface area contributed by atoms with Gasteiger partial charge < -0.3 is 14.6 Å². The molecule has 0 aliphatic heterocycles. The van der Waals surface area contributed by atoms with Gasteiger partial charge in [0.25, 0.3) is 0 Å². The van der Waals surface area contributed by atoms with Gasteiger partial charge in [-0.1, -0.05) is 0 Å². The Hall–Kier alpha value is -1.10. The predicted molar refractivity (Wildman–Crippen MR) is 39.7 cm³/mol. The minimum absolute atomic E-state index is 0.0285. The molecule has 0 aromatic rings. The molecule has 12 heavy (non-hydrogen) atoms. The largest absolute Gasteiger partial charge is 0.481 e. The van der Waals surface area contributed by atoms with E-state index in [-0.39, 0.29) is 12.8 Å². The van der Waals surface area contributed by atoms with Crippen LogP contribution in [0.1, 0.15) is 12.8 Å². The first-order valence-corrected chi connectivity index (χ1v) is 3.41. The van der Waals surface area contributed by atoms with E-state index in [1.54, 1.807) is 0 Å². The van der Waals surface area contributed by atoms with Gasteiger partial charge >= 0.3 is 11.9 Å². The third-order valence-electron chi connectivity index (χ3n) is 1.36. The number of hydrogen-bond acceptors (Lipinski definition) is 4. The molecule has 1 unspecified atom stereocenters. The monoisotopic (exact) mass is 176 g/mol. The molecule has 1 N–H and O–H groups in total. The number of ether oxygens (including phenoxy) is 2. The summed E-state index contributed by atoms with van der Waals surface area (Å²) >= 11 is 0. The van der Waals surface area contributed by atoms with Gasteiger partial charge in [-0.25, -0.2) is 0 Å². The van der Waals surface area contributed by atoms with E-state index >= 15 is 0 Å². The number of carboxylic acid groups (broad SMARTS) is 1. The summed E-state index contributed by atoms with van der Waals surface area (Å²) in [6.45, 7) is 0. The van der Waals surface area contributed by atoms with Gasteiger partial charge in [0.2, 0.25) is 0 Å². The summed E-state index contributed by atoms with van der Waals surface area (Å²) in [5.74, 6) is -1.46. The number of carbonyl (C=O) groups excluding carboxylic acids is 1. The quantitative estimate of drug-likeness (QED) is 0.598. The smallest absolute Gasteiger partial charge is 0.308 e. The normalized spacial score (nSPS) is 12.2. The van der Waals surface area contributed by atoms with E-state index in [0.29, 0.717) is 0 Å². The summed E-state index contributed by atoms with van der Waals surface area (Å²) in [4.78, 5) is 20.9. The molecular formula is C7H12O5. The molecule has 0 heterocycles. The highest BCUT2D eigenvalue weighted by molar-refractivity contribution is 5.72. The Bertz CT molecular complexity index is 165. The lowest BCUT2D eigenvalue weighted by molar-refractivity contribution is -0.145. The molecule has 0 aliphatic carbocycles. The SMILES string of the molecule is COC(=O)CC(CC(=O)O)OC. The first kappa shape index (κ1) is 10.9. The van der Waals surface area contributed by atoms with Crippen LogP contribution >= 0.6 is 0 Å². The second-order valence-corrected chi connectivity index (χ2v) is 2.24. The van der Waals surface area contributed by atoms with Crippen LogP contribution in [0.2, 0.25) is 0 Å². The molecule has 0 aromatic carbocycles. The Kier molecular flexibility index (Phi) is 5.03. The van der Waals surface area contributed by atoms with E-state index in [1.165, 1.54) is 14.2 Å². The number of methoxy groups -OCH3 is 2. The van der Waals surface area contributed by atoms with Crippen LogP contribution in [0.25, 0.3) is 0 Å². The van der Waals surface area contributed by atoms with Crippen molar-refractivity contribution < 1.29 is 24.2 Å². The molecule has 70 valence electrons. The number of aliphatic carboxylic acids is 1. The summed E-state index contributed by atoms with van der Waals surface area (Å²) in [5, 5.41) is 8.37. The number of carboxylic acids is 1. The van der Waals surface area contributed by atoms with Crippen molar-refractivity contribution >= 4 is 11.9 Å². The molecule has 0 saturated heterocycles. The summed E-state index contributed by atoms with van der Waals surface area (Å²) in [6.07, 6.45) is -0.819. The van der Waals surface area contributed by atoms with E-state index in [2.05, 4.69) is 4.74 Å². The topological polar surface area (TPSA) is 72.8 Å². The van der Waals surface area contributed by atoms with Crippen LogP contribution in [0, 0.1) is 0 Å². The fourth-order valence-corrected chi connectivity index (χ4v) is 0.703. The molecule has 0 aliphatic rings.